The average Bonchev–Trinajstić information content (AvgIpc) is 0.761. The van der Waals surface area contributed by atoms with E-state index in [1.54, 1.807) is 6.08 Å². The molecule has 584 valence electrons. The van der Waals surface area contributed by atoms with E-state index in [1.165, 1.54) is 160 Å². The van der Waals surface area contributed by atoms with Gasteiger partial charge in [0, 0.05) is 18.9 Å². The summed E-state index contributed by atoms with van der Waals surface area (Å²) in [5.41, 5.74) is 0. The van der Waals surface area contributed by atoms with Gasteiger partial charge >= 0.3 is 25.7 Å². The van der Waals surface area contributed by atoms with Gasteiger partial charge in [-0.1, -0.05) is 257 Å². The summed E-state index contributed by atoms with van der Waals surface area (Å²) in [6.45, 7) is 3.32. The third-order valence-electron chi connectivity index (χ3n) is 19.0. The van der Waals surface area contributed by atoms with Crippen molar-refractivity contribution in [3.05, 3.63) is 36.5 Å². The summed E-state index contributed by atoms with van der Waals surface area (Å²) in [4.78, 5) is 50.9. The van der Waals surface area contributed by atoms with E-state index < -0.39 is 156 Å². The molecule has 0 aromatic rings. The molecule has 0 aromatic carbocycles. The third-order valence-corrected chi connectivity index (χ3v) is 20.0. The molecule has 3 aliphatic rings. The molecule has 0 aromatic heterocycles. The van der Waals surface area contributed by atoms with Gasteiger partial charge in [-0.25, -0.2) is 9.36 Å². The van der Waals surface area contributed by atoms with E-state index in [0.717, 1.165) is 89.5 Å². The van der Waals surface area contributed by atoms with Crippen molar-refractivity contribution in [1.82, 2.24) is 0 Å². The number of allylic oxidation sites excluding steroid dienone is 5. The molecule has 11 N–H and O–H groups in total. The fourth-order valence-electron chi connectivity index (χ4n) is 12.7. The molecule has 1 aliphatic carbocycles. The standard InChI is InChI=1S/C75H135O24P/c1-4-7-10-13-16-19-22-25-27-28-30-33-35-38-41-44-47-50-60(78)92-55-58-63(81)65(83)70(88)75(96-58)98-72-68(86)66(84)67(85)71(97-74-69(87)64(82)62(80)57(52-76)95-74)73(72)99-100(89,90)93-54-56(94-61(79)51-48-45-42-39-36-31-24-21-18-15-12-9-6-3)53-91-59(77)49-46-43-40-37-34-32-29-26-23-20-17-14-11-8-5-2/h31,36,40,43,46,49,56-58,62-76,80-88H,4-30,32-35,37-39,41-42,44-45,47-48,50-55H2,1-3H3,(H,89,90)/b36-31-,43-40+,49-46+. The van der Waals surface area contributed by atoms with Crippen LogP contribution < -0.4 is 0 Å². The van der Waals surface area contributed by atoms with Gasteiger partial charge in [-0.15, -0.1) is 0 Å². The van der Waals surface area contributed by atoms with Crippen LogP contribution in [0.2, 0.25) is 0 Å². The number of phosphoric ester groups is 1. The van der Waals surface area contributed by atoms with Crippen LogP contribution in [0.15, 0.2) is 36.5 Å². The minimum absolute atomic E-state index is 0.0277. The minimum atomic E-state index is -5.72. The van der Waals surface area contributed by atoms with Gasteiger partial charge in [-0.2, -0.15) is 0 Å². The number of carbonyl (C=O) groups excluding carboxylic acids is 3. The third kappa shape index (κ3) is 39.0. The number of phosphoric acid groups is 1. The maximum Gasteiger partial charge on any atom is 0.472 e. The topological polar surface area (TPSA) is 374 Å². The smallest absolute Gasteiger partial charge is 0.463 e. The number of ether oxygens (including phenoxy) is 7. The van der Waals surface area contributed by atoms with Crippen molar-refractivity contribution >= 4 is 25.7 Å². The highest BCUT2D eigenvalue weighted by Gasteiger charge is 2.58. The van der Waals surface area contributed by atoms with Crippen LogP contribution in [0.5, 0.6) is 0 Å². The molecule has 3 fully saturated rings. The van der Waals surface area contributed by atoms with Gasteiger partial charge < -0.3 is 89.1 Å². The fraction of sp³-hybridized carbons (Fsp3) is 0.880. The lowest BCUT2D eigenvalue weighted by molar-refractivity contribution is -0.360. The summed E-state index contributed by atoms with van der Waals surface area (Å²) in [5.74, 6) is -2.26. The first kappa shape index (κ1) is 91.4. The number of unbranched alkanes of at least 4 members (excludes halogenated alkanes) is 36. The lowest BCUT2D eigenvalue weighted by Gasteiger charge is -2.49. The second-order valence-corrected chi connectivity index (χ2v) is 29.2. The number of rotatable bonds is 60. The lowest BCUT2D eigenvalue weighted by Crippen LogP contribution is -2.69. The Kier molecular flexibility index (Phi) is 51.6. The Hall–Kier alpha value is -2.82. The summed E-state index contributed by atoms with van der Waals surface area (Å²) in [6, 6.07) is 0. The quantitative estimate of drug-likeness (QED) is 0.00512. The molecule has 3 rings (SSSR count). The normalized spacial score (nSPS) is 27.5. The van der Waals surface area contributed by atoms with Crippen molar-refractivity contribution in [3.63, 3.8) is 0 Å². The Bertz CT molecular complexity index is 2210. The highest BCUT2D eigenvalue weighted by atomic mass is 31.2. The molecule has 18 atom stereocenters. The van der Waals surface area contributed by atoms with E-state index in [1.807, 2.05) is 6.08 Å². The van der Waals surface area contributed by atoms with Crippen molar-refractivity contribution in [2.45, 2.75) is 395 Å². The Labute approximate surface area is 597 Å². The van der Waals surface area contributed by atoms with Gasteiger partial charge in [-0.3, -0.25) is 18.6 Å². The number of aliphatic hydroxyl groups excluding tert-OH is 10. The zero-order valence-electron chi connectivity index (χ0n) is 61.0. The predicted octanol–water partition coefficient (Wildman–Crippen LogP) is 11.1. The number of aliphatic hydroxyl groups is 10. The van der Waals surface area contributed by atoms with Crippen molar-refractivity contribution in [3.8, 4) is 0 Å². The maximum atomic E-state index is 14.3. The highest BCUT2D eigenvalue weighted by Crippen LogP contribution is 2.49. The molecule has 0 amide bonds. The zero-order chi connectivity index (χ0) is 73.2. The Morgan fingerprint density at radius 1 is 0.410 bits per heavy atom. The molecule has 2 saturated heterocycles. The van der Waals surface area contributed by atoms with Gasteiger partial charge in [0.1, 0.15) is 98.7 Å². The highest BCUT2D eigenvalue weighted by molar-refractivity contribution is 7.47. The van der Waals surface area contributed by atoms with E-state index >= 15 is 0 Å². The molecule has 18 unspecified atom stereocenters. The average molecular weight is 1450 g/mol. The van der Waals surface area contributed by atoms with E-state index in [9.17, 15) is 74.9 Å². The minimum Gasteiger partial charge on any atom is -0.463 e. The molecule has 0 radical (unpaired) electrons. The van der Waals surface area contributed by atoms with Crippen LogP contribution in [-0.2, 0) is 61.2 Å². The molecular formula is C75H135O24P. The molecule has 2 aliphatic heterocycles. The summed E-state index contributed by atoms with van der Waals surface area (Å²) < 4.78 is 64.8. The van der Waals surface area contributed by atoms with Crippen LogP contribution in [0.25, 0.3) is 0 Å². The van der Waals surface area contributed by atoms with Crippen molar-refractivity contribution in [2.24, 2.45) is 0 Å². The molecule has 0 spiro atoms. The number of esters is 3. The van der Waals surface area contributed by atoms with Gasteiger partial charge in [0.2, 0.25) is 0 Å². The SMILES string of the molecule is CCCCCCCC/C=C\CCCCCC(=O)OC(COC(=O)/C=C/C=C/CCCCCCCCCCCCC)COP(=O)(O)OC1C(OC2OC(CO)C(O)C(O)C2O)C(O)C(O)C(O)C1OC1OC(COC(=O)CCCCCCCCCCCCCCCCCCC)C(O)C(O)C1O. The number of carbonyl (C=O) groups is 3. The monoisotopic (exact) mass is 1450 g/mol. The number of hydrogen-bond acceptors (Lipinski definition) is 23. The zero-order valence-corrected chi connectivity index (χ0v) is 61.9. The van der Waals surface area contributed by atoms with Crippen molar-refractivity contribution in [2.75, 3.05) is 26.4 Å². The van der Waals surface area contributed by atoms with Crippen LogP contribution in [0.1, 0.15) is 290 Å². The van der Waals surface area contributed by atoms with Crippen LogP contribution >= 0.6 is 7.82 Å². The first-order valence-electron chi connectivity index (χ1n) is 38.8. The summed E-state index contributed by atoms with van der Waals surface area (Å²) in [5, 5.41) is 110. The Morgan fingerprint density at radius 2 is 0.780 bits per heavy atom. The lowest BCUT2D eigenvalue weighted by atomic mass is 9.84. The molecular weight excluding hydrogens is 1320 g/mol. The molecule has 24 nitrogen and oxygen atoms in total. The largest absolute Gasteiger partial charge is 0.472 e. The number of hydrogen-bond donors (Lipinski definition) is 11. The van der Waals surface area contributed by atoms with Gasteiger partial charge in [0.25, 0.3) is 0 Å². The first-order valence-corrected chi connectivity index (χ1v) is 40.3. The molecule has 1 saturated carbocycles. The fourth-order valence-corrected chi connectivity index (χ4v) is 13.6. The molecule has 25 heteroatoms. The second kappa shape index (κ2) is 56.5. The summed E-state index contributed by atoms with van der Waals surface area (Å²) >= 11 is 0. The van der Waals surface area contributed by atoms with Crippen LogP contribution in [0.4, 0.5) is 0 Å². The van der Waals surface area contributed by atoms with Crippen molar-refractivity contribution < 1.29 is 117 Å². The van der Waals surface area contributed by atoms with E-state index in [-0.39, 0.29) is 12.8 Å². The van der Waals surface area contributed by atoms with E-state index in [0.29, 0.717) is 19.3 Å². The van der Waals surface area contributed by atoms with E-state index in [4.69, 9.17) is 42.2 Å². The van der Waals surface area contributed by atoms with Gasteiger partial charge in [-0.05, 0) is 51.4 Å². The van der Waals surface area contributed by atoms with E-state index in [2.05, 4.69) is 32.9 Å². The molecule has 100 heavy (non-hydrogen) atoms. The van der Waals surface area contributed by atoms with Crippen LogP contribution in [0, 0.1) is 0 Å². The molecule has 2 heterocycles. The van der Waals surface area contributed by atoms with Gasteiger partial charge in [0.05, 0.1) is 13.2 Å². The van der Waals surface area contributed by atoms with Gasteiger partial charge in [0.15, 0.2) is 18.7 Å². The van der Waals surface area contributed by atoms with Crippen molar-refractivity contribution in [1.29, 1.82) is 0 Å². The Morgan fingerprint density at radius 3 is 1.22 bits per heavy atom. The second-order valence-electron chi connectivity index (χ2n) is 27.8. The molecule has 0 bridgehead atoms. The van der Waals surface area contributed by atoms with Crippen LogP contribution in [0.3, 0.4) is 0 Å². The van der Waals surface area contributed by atoms with Crippen LogP contribution in [-0.4, -0.2) is 204 Å². The summed E-state index contributed by atoms with van der Waals surface area (Å²) in [6.07, 6.45) is 19.9. The Balaban J connectivity index is 1.73. The maximum absolute atomic E-state index is 14.3. The predicted molar refractivity (Wildman–Crippen MR) is 379 cm³/mol. The summed E-state index contributed by atoms with van der Waals surface area (Å²) in [7, 11) is -5.72. The first-order chi connectivity index (χ1) is 48.3.